The van der Waals surface area contributed by atoms with Crippen molar-refractivity contribution in [2.75, 3.05) is 13.6 Å². The molecule has 0 aliphatic carbocycles. The van der Waals surface area contributed by atoms with Gasteiger partial charge < -0.3 is 10.6 Å². The highest BCUT2D eigenvalue weighted by atomic mass is 16.6. The number of nitro groups is 1. The van der Waals surface area contributed by atoms with Crippen LogP contribution in [0.3, 0.4) is 0 Å². The van der Waals surface area contributed by atoms with E-state index in [1.165, 1.54) is 12.1 Å². The Morgan fingerprint density at radius 1 is 1.35 bits per heavy atom. The summed E-state index contributed by atoms with van der Waals surface area (Å²) in [6, 6.07) is 6.33. The molecule has 2 N–H and O–H groups in total. The van der Waals surface area contributed by atoms with Gasteiger partial charge in [0, 0.05) is 38.7 Å². The number of nitro benzene ring substituents is 1. The first-order valence-electron chi connectivity index (χ1n) is 5.28. The molecule has 0 bridgehead atoms. The number of hydrogen-bond donors (Lipinski definition) is 2. The van der Waals surface area contributed by atoms with Gasteiger partial charge in [-0.3, -0.25) is 14.9 Å². The second-order valence-corrected chi connectivity index (χ2v) is 3.52. The van der Waals surface area contributed by atoms with E-state index in [0.29, 0.717) is 19.5 Å². The van der Waals surface area contributed by atoms with Crippen LogP contribution in [0.15, 0.2) is 24.3 Å². The van der Waals surface area contributed by atoms with E-state index in [1.54, 1.807) is 19.2 Å². The molecule has 1 amide bonds. The lowest BCUT2D eigenvalue weighted by atomic mass is 10.2. The molecule has 0 unspecified atom stereocenters. The minimum Gasteiger partial charge on any atom is -0.359 e. The monoisotopic (exact) mass is 237 g/mol. The Hall–Kier alpha value is -1.95. The van der Waals surface area contributed by atoms with Crippen molar-refractivity contribution in [2.24, 2.45) is 0 Å². The van der Waals surface area contributed by atoms with Crippen molar-refractivity contribution in [1.29, 1.82) is 0 Å². The fourth-order valence-corrected chi connectivity index (χ4v) is 1.30. The zero-order chi connectivity index (χ0) is 12.7. The summed E-state index contributed by atoms with van der Waals surface area (Å²) in [7, 11) is 1.60. The summed E-state index contributed by atoms with van der Waals surface area (Å²) in [6.45, 7) is 1.17. The van der Waals surface area contributed by atoms with Crippen LogP contribution in [-0.2, 0) is 11.3 Å². The second kappa shape index (κ2) is 6.59. The number of hydrogen-bond acceptors (Lipinski definition) is 4. The molecule has 6 nitrogen and oxygen atoms in total. The molecule has 17 heavy (non-hydrogen) atoms. The molecule has 0 saturated carbocycles. The van der Waals surface area contributed by atoms with Crippen molar-refractivity contribution >= 4 is 11.6 Å². The molecule has 0 atom stereocenters. The summed E-state index contributed by atoms with van der Waals surface area (Å²) in [4.78, 5) is 20.9. The van der Waals surface area contributed by atoms with E-state index in [1.807, 2.05) is 0 Å². The minimum absolute atomic E-state index is 0.0128. The fraction of sp³-hybridized carbons (Fsp3) is 0.364. The van der Waals surface area contributed by atoms with E-state index in [-0.39, 0.29) is 11.6 Å². The van der Waals surface area contributed by atoms with Crippen LogP contribution in [0.5, 0.6) is 0 Å². The molecule has 0 aliphatic heterocycles. The number of nitrogens with zero attached hydrogens (tertiary/aromatic N) is 1. The van der Waals surface area contributed by atoms with Gasteiger partial charge in [0.15, 0.2) is 0 Å². The van der Waals surface area contributed by atoms with Gasteiger partial charge >= 0.3 is 0 Å². The summed E-state index contributed by atoms with van der Waals surface area (Å²) in [5, 5.41) is 16.0. The molecule has 0 aliphatic rings. The summed E-state index contributed by atoms with van der Waals surface area (Å²) in [6.07, 6.45) is 0.420. The van der Waals surface area contributed by atoms with Gasteiger partial charge in [0.1, 0.15) is 0 Å². The van der Waals surface area contributed by atoms with Crippen LogP contribution in [0.25, 0.3) is 0 Å². The number of amides is 1. The van der Waals surface area contributed by atoms with Crippen molar-refractivity contribution in [3.8, 4) is 0 Å². The number of benzene rings is 1. The maximum absolute atomic E-state index is 10.9. The summed E-state index contributed by atoms with van der Waals surface area (Å²) in [5.74, 6) is -0.0128. The lowest BCUT2D eigenvalue weighted by molar-refractivity contribution is -0.384. The molecule has 6 heteroatoms. The zero-order valence-corrected chi connectivity index (χ0v) is 9.60. The largest absolute Gasteiger partial charge is 0.359 e. The van der Waals surface area contributed by atoms with Crippen molar-refractivity contribution in [3.63, 3.8) is 0 Å². The molecule has 0 heterocycles. The van der Waals surface area contributed by atoms with E-state index >= 15 is 0 Å². The highest BCUT2D eigenvalue weighted by Gasteiger charge is 2.03. The van der Waals surface area contributed by atoms with Gasteiger partial charge in [-0.05, 0) is 5.56 Å². The van der Waals surface area contributed by atoms with Crippen molar-refractivity contribution in [1.82, 2.24) is 10.6 Å². The number of carbonyl (C=O) groups is 1. The van der Waals surface area contributed by atoms with Crippen molar-refractivity contribution < 1.29 is 9.72 Å². The number of nitrogens with one attached hydrogen (secondary N) is 2. The van der Waals surface area contributed by atoms with E-state index in [0.717, 1.165) is 5.56 Å². The molecule has 0 radical (unpaired) electrons. The SMILES string of the molecule is CNC(=O)CCNCc1ccc([N+](=O)[O-])cc1. The highest BCUT2D eigenvalue weighted by molar-refractivity contribution is 5.75. The highest BCUT2D eigenvalue weighted by Crippen LogP contribution is 2.11. The third kappa shape index (κ3) is 4.60. The van der Waals surface area contributed by atoms with Crippen molar-refractivity contribution in [3.05, 3.63) is 39.9 Å². The first-order valence-corrected chi connectivity index (χ1v) is 5.28. The molecule has 1 rings (SSSR count). The normalized spacial score (nSPS) is 9.94. The molecule has 0 fully saturated rings. The number of carbonyl (C=O) groups excluding carboxylic acids is 1. The first kappa shape index (κ1) is 13.1. The Bertz CT molecular complexity index is 389. The molecule has 0 aromatic heterocycles. The molecule has 1 aromatic rings. The van der Waals surface area contributed by atoms with Gasteiger partial charge in [0.25, 0.3) is 5.69 Å². The molecule has 0 saturated heterocycles. The maximum atomic E-state index is 10.9. The maximum Gasteiger partial charge on any atom is 0.269 e. The van der Waals surface area contributed by atoms with Crippen LogP contribution in [0, 0.1) is 10.1 Å². The topological polar surface area (TPSA) is 84.3 Å². The predicted molar refractivity (Wildman–Crippen MR) is 63.5 cm³/mol. The van der Waals surface area contributed by atoms with Gasteiger partial charge in [-0.15, -0.1) is 0 Å². The average Bonchev–Trinajstić information content (AvgIpc) is 2.34. The zero-order valence-electron chi connectivity index (χ0n) is 9.60. The van der Waals surface area contributed by atoms with E-state index in [9.17, 15) is 14.9 Å². The van der Waals surface area contributed by atoms with Crippen LogP contribution >= 0.6 is 0 Å². The smallest absolute Gasteiger partial charge is 0.269 e. The van der Waals surface area contributed by atoms with Crippen LogP contribution in [-0.4, -0.2) is 24.4 Å². The fourth-order valence-electron chi connectivity index (χ4n) is 1.30. The summed E-state index contributed by atoms with van der Waals surface area (Å²) >= 11 is 0. The Balaban J connectivity index is 2.32. The van der Waals surface area contributed by atoms with E-state index in [2.05, 4.69) is 10.6 Å². The summed E-state index contributed by atoms with van der Waals surface area (Å²) < 4.78 is 0. The van der Waals surface area contributed by atoms with Gasteiger partial charge in [0.2, 0.25) is 5.91 Å². The van der Waals surface area contributed by atoms with Gasteiger partial charge in [0.05, 0.1) is 4.92 Å². The quantitative estimate of drug-likeness (QED) is 0.436. The van der Waals surface area contributed by atoms with Crippen molar-refractivity contribution in [2.45, 2.75) is 13.0 Å². The number of non-ortho nitro benzene ring substituents is 1. The predicted octanol–water partition coefficient (Wildman–Crippen LogP) is 0.820. The molecule has 1 aromatic carbocycles. The van der Waals surface area contributed by atoms with Gasteiger partial charge in [-0.2, -0.15) is 0 Å². The average molecular weight is 237 g/mol. The Kier molecular flexibility index (Phi) is 5.09. The first-order chi connectivity index (χ1) is 8.13. The molecular formula is C11H15N3O3. The Labute approximate surface area is 99.2 Å². The molecule has 0 spiro atoms. The molecular weight excluding hydrogens is 222 g/mol. The molecule has 92 valence electrons. The number of rotatable bonds is 6. The van der Waals surface area contributed by atoms with Crippen LogP contribution in [0.4, 0.5) is 5.69 Å². The minimum atomic E-state index is -0.428. The summed E-state index contributed by atoms with van der Waals surface area (Å²) in [5.41, 5.74) is 1.03. The van der Waals surface area contributed by atoms with Crippen LogP contribution < -0.4 is 10.6 Å². The third-order valence-electron chi connectivity index (χ3n) is 2.28. The second-order valence-electron chi connectivity index (χ2n) is 3.52. The standard InChI is InChI=1S/C11H15N3O3/c1-12-11(15)6-7-13-8-9-2-4-10(5-3-9)14(16)17/h2-5,13H,6-8H2,1H3,(H,12,15). The Morgan fingerprint density at radius 2 is 2.00 bits per heavy atom. The Morgan fingerprint density at radius 3 is 2.53 bits per heavy atom. The van der Waals surface area contributed by atoms with Crippen LogP contribution in [0.1, 0.15) is 12.0 Å². The van der Waals surface area contributed by atoms with E-state index < -0.39 is 4.92 Å². The lowest BCUT2D eigenvalue weighted by Gasteiger charge is -2.04. The van der Waals surface area contributed by atoms with Gasteiger partial charge in [-0.25, -0.2) is 0 Å². The lowest BCUT2D eigenvalue weighted by Crippen LogP contribution is -2.24. The van der Waals surface area contributed by atoms with E-state index in [4.69, 9.17) is 0 Å². The van der Waals surface area contributed by atoms with Crippen LogP contribution in [0.2, 0.25) is 0 Å². The third-order valence-corrected chi connectivity index (χ3v) is 2.28. The van der Waals surface area contributed by atoms with Gasteiger partial charge in [-0.1, -0.05) is 12.1 Å².